The predicted octanol–water partition coefficient (Wildman–Crippen LogP) is 2.52. The van der Waals surface area contributed by atoms with Gasteiger partial charge < -0.3 is 10.5 Å². The molecule has 0 amide bonds. The summed E-state index contributed by atoms with van der Waals surface area (Å²) in [5, 5.41) is 0. The minimum atomic E-state index is 0.810. The van der Waals surface area contributed by atoms with Crippen LogP contribution in [0.1, 0.15) is 25.8 Å². The van der Waals surface area contributed by atoms with E-state index in [0.717, 1.165) is 45.0 Å². The SMILES string of the molecule is CCCOCCN(CC)Cc1cccc(N)c1. The molecule has 0 bridgehead atoms. The van der Waals surface area contributed by atoms with Crippen LogP contribution >= 0.6 is 0 Å². The number of anilines is 1. The normalized spacial score (nSPS) is 11.0. The highest BCUT2D eigenvalue weighted by atomic mass is 16.5. The third-order valence-corrected chi connectivity index (χ3v) is 2.70. The van der Waals surface area contributed by atoms with Gasteiger partial charge in [0.15, 0.2) is 0 Å². The third kappa shape index (κ3) is 5.71. The Kier molecular flexibility index (Phi) is 6.67. The Bertz CT molecular complexity index is 315. The van der Waals surface area contributed by atoms with E-state index in [2.05, 4.69) is 24.8 Å². The van der Waals surface area contributed by atoms with Crippen molar-refractivity contribution in [2.24, 2.45) is 0 Å². The highest BCUT2D eigenvalue weighted by Crippen LogP contribution is 2.09. The largest absolute Gasteiger partial charge is 0.399 e. The lowest BCUT2D eigenvalue weighted by atomic mass is 10.2. The molecule has 0 heterocycles. The van der Waals surface area contributed by atoms with Crippen molar-refractivity contribution < 1.29 is 4.74 Å². The summed E-state index contributed by atoms with van der Waals surface area (Å²) in [6, 6.07) is 8.08. The summed E-state index contributed by atoms with van der Waals surface area (Å²) in [5.41, 5.74) is 7.87. The van der Waals surface area contributed by atoms with Crippen LogP contribution in [0.15, 0.2) is 24.3 Å². The fourth-order valence-electron chi connectivity index (χ4n) is 1.74. The molecule has 0 atom stereocenters. The predicted molar refractivity (Wildman–Crippen MR) is 72.9 cm³/mol. The smallest absolute Gasteiger partial charge is 0.0593 e. The lowest BCUT2D eigenvalue weighted by Gasteiger charge is -2.20. The lowest BCUT2D eigenvalue weighted by Crippen LogP contribution is -2.27. The summed E-state index contributed by atoms with van der Waals surface area (Å²) in [6.45, 7) is 8.92. The summed E-state index contributed by atoms with van der Waals surface area (Å²) in [7, 11) is 0. The van der Waals surface area contributed by atoms with E-state index < -0.39 is 0 Å². The highest BCUT2D eigenvalue weighted by molar-refractivity contribution is 5.40. The van der Waals surface area contributed by atoms with E-state index in [4.69, 9.17) is 10.5 Å². The van der Waals surface area contributed by atoms with E-state index in [1.807, 2.05) is 18.2 Å². The molecule has 0 aliphatic carbocycles. The fraction of sp³-hybridized carbons (Fsp3) is 0.571. The number of rotatable bonds is 8. The zero-order valence-electron chi connectivity index (χ0n) is 11.0. The standard InChI is InChI=1S/C14H24N2O/c1-3-9-17-10-8-16(4-2)12-13-6-5-7-14(15)11-13/h5-7,11H,3-4,8-10,12,15H2,1-2H3. The van der Waals surface area contributed by atoms with Crippen LogP contribution in [0.25, 0.3) is 0 Å². The van der Waals surface area contributed by atoms with Gasteiger partial charge in [-0.1, -0.05) is 26.0 Å². The molecule has 17 heavy (non-hydrogen) atoms. The first-order valence-electron chi connectivity index (χ1n) is 6.40. The van der Waals surface area contributed by atoms with Crippen molar-refractivity contribution in [3.05, 3.63) is 29.8 Å². The van der Waals surface area contributed by atoms with Gasteiger partial charge in [-0.2, -0.15) is 0 Å². The molecule has 1 rings (SSSR count). The number of ether oxygens (including phenoxy) is 1. The van der Waals surface area contributed by atoms with Gasteiger partial charge in [-0.25, -0.2) is 0 Å². The van der Waals surface area contributed by atoms with Crippen molar-refractivity contribution in [2.75, 3.05) is 32.0 Å². The molecule has 0 fully saturated rings. The molecule has 2 N–H and O–H groups in total. The van der Waals surface area contributed by atoms with E-state index in [0.29, 0.717) is 0 Å². The molecule has 0 unspecified atom stereocenters. The topological polar surface area (TPSA) is 38.5 Å². The van der Waals surface area contributed by atoms with Crippen LogP contribution in [0.4, 0.5) is 5.69 Å². The Morgan fingerprint density at radius 3 is 2.71 bits per heavy atom. The van der Waals surface area contributed by atoms with Gasteiger partial charge in [0.2, 0.25) is 0 Å². The molecule has 0 spiro atoms. The molecule has 1 aromatic rings. The number of hydrogen-bond donors (Lipinski definition) is 1. The fourth-order valence-corrected chi connectivity index (χ4v) is 1.74. The van der Waals surface area contributed by atoms with Crippen molar-refractivity contribution in [3.63, 3.8) is 0 Å². The van der Waals surface area contributed by atoms with Crippen molar-refractivity contribution in [3.8, 4) is 0 Å². The van der Waals surface area contributed by atoms with Gasteiger partial charge >= 0.3 is 0 Å². The van der Waals surface area contributed by atoms with Crippen LogP contribution < -0.4 is 5.73 Å². The molecule has 0 saturated heterocycles. The first-order valence-corrected chi connectivity index (χ1v) is 6.40. The summed E-state index contributed by atoms with van der Waals surface area (Å²) in [5.74, 6) is 0. The van der Waals surface area contributed by atoms with Gasteiger partial charge in [-0.3, -0.25) is 4.90 Å². The van der Waals surface area contributed by atoms with E-state index in [-0.39, 0.29) is 0 Å². The Morgan fingerprint density at radius 2 is 2.06 bits per heavy atom. The average Bonchev–Trinajstić information content (AvgIpc) is 2.33. The Hall–Kier alpha value is -1.06. The first-order chi connectivity index (χ1) is 8.26. The number of nitrogen functional groups attached to an aromatic ring is 1. The zero-order valence-corrected chi connectivity index (χ0v) is 11.0. The minimum Gasteiger partial charge on any atom is -0.399 e. The summed E-state index contributed by atoms with van der Waals surface area (Å²) < 4.78 is 5.51. The Balaban J connectivity index is 2.35. The van der Waals surface area contributed by atoms with Crippen molar-refractivity contribution >= 4 is 5.69 Å². The van der Waals surface area contributed by atoms with Crippen molar-refractivity contribution in [2.45, 2.75) is 26.8 Å². The number of likely N-dealkylation sites (N-methyl/N-ethyl adjacent to an activating group) is 1. The lowest BCUT2D eigenvalue weighted by molar-refractivity contribution is 0.103. The maximum Gasteiger partial charge on any atom is 0.0593 e. The van der Waals surface area contributed by atoms with Crippen LogP contribution in [0, 0.1) is 0 Å². The van der Waals surface area contributed by atoms with Crippen LogP contribution in [-0.4, -0.2) is 31.2 Å². The van der Waals surface area contributed by atoms with E-state index in [1.165, 1.54) is 5.56 Å². The first kappa shape index (κ1) is 14.0. The molecular formula is C14H24N2O. The second-order valence-corrected chi connectivity index (χ2v) is 4.23. The van der Waals surface area contributed by atoms with E-state index in [9.17, 15) is 0 Å². The van der Waals surface area contributed by atoms with Crippen LogP contribution in [0.5, 0.6) is 0 Å². The van der Waals surface area contributed by atoms with E-state index >= 15 is 0 Å². The second-order valence-electron chi connectivity index (χ2n) is 4.23. The van der Waals surface area contributed by atoms with Crippen molar-refractivity contribution in [1.82, 2.24) is 4.90 Å². The summed E-state index contributed by atoms with van der Waals surface area (Å²) in [4.78, 5) is 2.37. The van der Waals surface area contributed by atoms with Gasteiger partial charge in [0.25, 0.3) is 0 Å². The molecule has 96 valence electrons. The third-order valence-electron chi connectivity index (χ3n) is 2.70. The van der Waals surface area contributed by atoms with Gasteiger partial charge in [-0.15, -0.1) is 0 Å². The van der Waals surface area contributed by atoms with Crippen molar-refractivity contribution in [1.29, 1.82) is 0 Å². The van der Waals surface area contributed by atoms with Crippen LogP contribution in [0.3, 0.4) is 0 Å². The van der Waals surface area contributed by atoms with Crippen LogP contribution in [0.2, 0.25) is 0 Å². The average molecular weight is 236 g/mol. The summed E-state index contributed by atoms with van der Waals surface area (Å²) in [6.07, 6.45) is 1.08. The highest BCUT2D eigenvalue weighted by Gasteiger charge is 2.03. The van der Waals surface area contributed by atoms with Gasteiger partial charge in [0.05, 0.1) is 6.61 Å². The molecule has 0 aromatic heterocycles. The Labute approximate surface area is 105 Å². The number of nitrogens with two attached hydrogens (primary N) is 1. The van der Waals surface area contributed by atoms with Gasteiger partial charge in [-0.05, 0) is 30.7 Å². The maximum atomic E-state index is 5.77. The molecule has 3 nitrogen and oxygen atoms in total. The molecule has 0 aliphatic heterocycles. The Morgan fingerprint density at radius 1 is 1.24 bits per heavy atom. The number of nitrogens with zero attached hydrogens (tertiary/aromatic N) is 1. The zero-order chi connectivity index (χ0) is 12.5. The molecule has 0 saturated carbocycles. The molecule has 1 aromatic carbocycles. The quantitative estimate of drug-likeness (QED) is 0.557. The molecule has 3 heteroatoms. The molecule has 0 aliphatic rings. The minimum absolute atomic E-state index is 0.810. The molecule has 0 radical (unpaired) electrons. The van der Waals surface area contributed by atoms with E-state index in [1.54, 1.807) is 0 Å². The summed E-state index contributed by atoms with van der Waals surface area (Å²) >= 11 is 0. The monoisotopic (exact) mass is 236 g/mol. The van der Waals surface area contributed by atoms with Gasteiger partial charge in [0.1, 0.15) is 0 Å². The molecular weight excluding hydrogens is 212 g/mol. The van der Waals surface area contributed by atoms with Crippen LogP contribution in [-0.2, 0) is 11.3 Å². The second kappa shape index (κ2) is 8.09. The number of benzene rings is 1. The number of hydrogen-bond acceptors (Lipinski definition) is 3. The maximum absolute atomic E-state index is 5.77. The van der Waals surface area contributed by atoms with Gasteiger partial charge in [0, 0.05) is 25.4 Å².